The molecule has 200 valence electrons. The van der Waals surface area contributed by atoms with Crippen LogP contribution in [0.15, 0.2) is 78.9 Å². The van der Waals surface area contributed by atoms with Crippen LogP contribution in [0.4, 0.5) is 4.39 Å². The van der Waals surface area contributed by atoms with E-state index in [0.29, 0.717) is 58.3 Å². The Labute approximate surface area is 229 Å². The van der Waals surface area contributed by atoms with Gasteiger partial charge in [0.15, 0.2) is 0 Å². The Kier molecular flexibility index (Phi) is 7.80. The van der Waals surface area contributed by atoms with Gasteiger partial charge in [-0.3, -0.25) is 0 Å². The zero-order chi connectivity index (χ0) is 28.1. The fourth-order valence-corrected chi connectivity index (χ4v) is 4.44. The zero-order valence-electron chi connectivity index (χ0n) is 21.7. The first-order valence-electron chi connectivity index (χ1n) is 12.5. The molecule has 1 N–H and O–H groups in total. The van der Waals surface area contributed by atoms with Gasteiger partial charge in [0, 0.05) is 31.7 Å². The van der Waals surface area contributed by atoms with Gasteiger partial charge in [-0.05, 0) is 53.6 Å². The minimum Gasteiger partial charge on any atom is -0.478 e. The minimum absolute atomic E-state index is 0.155. The second-order valence-electron chi connectivity index (χ2n) is 9.13. The molecule has 0 amide bonds. The highest BCUT2D eigenvalue weighted by atomic mass is 19.1. The highest BCUT2D eigenvalue weighted by Gasteiger charge is 2.16. The molecule has 3 aromatic carbocycles. The van der Waals surface area contributed by atoms with E-state index in [0.717, 1.165) is 5.56 Å². The van der Waals surface area contributed by atoms with E-state index in [9.17, 15) is 9.90 Å². The molecule has 0 aliphatic heterocycles. The van der Waals surface area contributed by atoms with Gasteiger partial charge in [0.1, 0.15) is 18.2 Å². The number of methoxy groups -OCH3 is 1. The molecule has 8 nitrogen and oxygen atoms in total. The van der Waals surface area contributed by atoms with Gasteiger partial charge in [0.05, 0.1) is 40.5 Å². The summed E-state index contributed by atoms with van der Waals surface area (Å²) in [6.45, 7) is 1.09. The third-order valence-corrected chi connectivity index (χ3v) is 6.46. The maximum atomic E-state index is 15.3. The predicted octanol–water partition coefficient (Wildman–Crippen LogP) is 5.62. The number of rotatable bonds is 10. The highest BCUT2D eigenvalue weighted by molar-refractivity contribution is 5.92. The number of imidazole rings is 1. The lowest BCUT2D eigenvalue weighted by molar-refractivity contribution is 0.0697. The van der Waals surface area contributed by atoms with E-state index >= 15 is 4.39 Å². The number of nitriles is 1. The molecular weight excluding hydrogens is 511 g/mol. The van der Waals surface area contributed by atoms with Crippen molar-refractivity contribution >= 4 is 17.0 Å². The lowest BCUT2D eigenvalue weighted by Gasteiger charge is -2.11. The average Bonchev–Trinajstić information content (AvgIpc) is 3.32. The van der Waals surface area contributed by atoms with Crippen molar-refractivity contribution in [3.63, 3.8) is 0 Å². The Morgan fingerprint density at radius 2 is 1.90 bits per heavy atom. The van der Waals surface area contributed by atoms with Crippen LogP contribution in [-0.2, 0) is 24.3 Å². The smallest absolute Gasteiger partial charge is 0.335 e. The van der Waals surface area contributed by atoms with E-state index in [1.165, 1.54) is 12.1 Å². The fraction of sp³-hybridized carbons (Fsp3) is 0.161. The highest BCUT2D eigenvalue weighted by Crippen LogP contribution is 2.26. The Bertz CT molecular complexity index is 1740. The van der Waals surface area contributed by atoms with Crippen molar-refractivity contribution in [2.24, 2.45) is 0 Å². The number of pyridine rings is 1. The van der Waals surface area contributed by atoms with Crippen molar-refractivity contribution in [2.75, 3.05) is 13.7 Å². The summed E-state index contributed by atoms with van der Waals surface area (Å²) in [5.74, 6) is -0.441. The number of fused-ring (bicyclic) bond motifs is 1. The minimum atomic E-state index is -1.03. The number of ether oxygens (including phenoxy) is 2. The third-order valence-electron chi connectivity index (χ3n) is 6.46. The van der Waals surface area contributed by atoms with Gasteiger partial charge in [-0.15, -0.1) is 0 Å². The number of halogens is 1. The van der Waals surface area contributed by atoms with Crippen LogP contribution in [0.2, 0.25) is 0 Å². The van der Waals surface area contributed by atoms with E-state index in [-0.39, 0.29) is 18.6 Å². The van der Waals surface area contributed by atoms with E-state index < -0.39 is 11.8 Å². The molecule has 5 rings (SSSR count). The molecule has 0 bridgehead atoms. The Hall–Kier alpha value is -5.07. The maximum absolute atomic E-state index is 15.3. The third kappa shape index (κ3) is 5.82. The number of aromatic nitrogens is 3. The first-order valence-corrected chi connectivity index (χ1v) is 12.5. The van der Waals surface area contributed by atoms with Gasteiger partial charge in [-0.1, -0.05) is 30.3 Å². The van der Waals surface area contributed by atoms with Gasteiger partial charge < -0.3 is 19.1 Å². The lowest BCUT2D eigenvalue weighted by atomic mass is 10.1. The molecule has 5 aromatic rings. The van der Waals surface area contributed by atoms with Crippen molar-refractivity contribution in [2.45, 2.75) is 19.6 Å². The summed E-state index contributed by atoms with van der Waals surface area (Å²) in [6, 6.07) is 24.2. The van der Waals surface area contributed by atoms with Crippen LogP contribution in [0.1, 0.15) is 32.9 Å². The predicted molar refractivity (Wildman–Crippen MR) is 146 cm³/mol. The number of nitrogens with zero attached hydrogens (tertiary/aromatic N) is 4. The van der Waals surface area contributed by atoms with Crippen LogP contribution < -0.4 is 4.74 Å². The molecular formula is C31H25FN4O4. The van der Waals surface area contributed by atoms with E-state index in [4.69, 9.17) is 14.7 Å². The maximum Gasteiger partial charge on any atom is 0.335 e. The summed E-state index contributed by atoms with van der Waals surface area (Å²) in [6.07, 6.45) is 0.214. The van der Waals surface area contributed by atoms with Crippen molar-refractivity contribution in [1.82, 2.24) is 14.5 Å². The summed E-state index contributed by atoms with van der Waals surface area (Å²) >= 11 is 0. The van der Waals surface area contributed by atoms with Crippen molar-refractivity contribution < 1.29 is 23.8 Å². The topological polar surface area (TPSA) is 110 Å². The molecule has 40 heavy (non-hydrogen) atoms. The van der Waals surface area contributed by atoms with Gasteiger partial charge >= 0.3 is 5.97 Å². The molecule has 0 fully saturated rings. The molecule has 0 saturated heterocycles. The van der Waals surface area contributed by atoms with Crippen LogP contribution in [0.25, 0.3) is 22.3 Å². The van der Waals surface area contributed by atoms with E-state index in [1.54, 1.807) is 67.8 Å². The number of carboxylic acid groups (broad SMARTS) is 1. The fourth-order valence-electron chi connectivity index (χ4n) is 4.44. The summed E-state index contributed by atoms with van der Waals surface area (Å²) < 4.78 is 28.3. The second-order valence-corrected chi connectivity index (χ2v) is 9.13. The van der Waals surface area contributed by atoms with Gasteiger partial charge in [-0.25, -0.2) is 19.2 Å². The Morgan fingerprint density at radius 3 is 2.67 bits per heavy atom. The van der Waals surface area contributed by atoms with Crippen molar-refractivity contribution in [1.29, 1.82) is 5.26 Å². The summed E-state index contributed by atoms with van der Waals surface area (Å²) in [5.41, 5.74) is 4.44. The van der Waals surface area contributed by atoms with Gasteiger partial charge in [-0.2, -0.15) is 5.26 Å². The number of aromatic carboxylic acids is 1. The monoisotopic (exact) mass is 536 g/mol. The van der Waals surface area contributed by atoms with Crippen LogP contribution in [0.5, 0.6) is 5.88 Å². The largest absolute Gasteiger partial charge is 0.478 e. The molecule has 0 spiro atoms. The number of carboxylic acids is 1. The Balaban J connectivity index is 1.37. The molecule has 0 aliphatic rings. The molecule has 2 heterocycles. The van der Waals surface area contributed by atoms with Crippen LogP contribution in [0, 0.1) is 17.1 Å². The van der Waals surface area contributed by atoms with Crippen LogP contribution >= 0.6 is 0 Å². The van der Waals surface area contributed by atoms with Gasteiger partial charge in [0.25, 0.3) is 0 Å². The summed E-state index contributed by atoms with van der Waals surface area (Å²) in [5, 5.41) is 18.5. The molecule has 0 atom stereocenters. The summed E-state index contributed by atoms with van der Waals surface area (Å²) in [7, 11) is 1.58. The van der Waals surface area contributed by atoms with Crippen LogP contribution in [0.3, 0.4) is 0 Å². The molecule has 9 heteroatoms. The zero-order valence-corrected chi connectivity index (χ0v) is 21.7. The quantitative estimate of drug-likeness (QED) is 0.247. The normalized spacial score (nSPS) is 10.9. The second kappa shape index (κ2) is 11.8. The lowest BCUT2D eigenvalue weighted by Crippen LogP contribution is -2.10. The SMILES string of the molecule is COCCn1c(Cc2ccc(-c3cccc(OCc4cccc(C#N)c4)n3)cc2F)nc2ccc(C(=O)O)cc21. The standard InChI is InChI=1S/C31H25FN4O4/c1-39-13-12-36-28-16-24(31(37)38)10-11-27(28)34-29(36)17-22-8-9-23(15-25(22)32)26-6-3-7-30(35-26)40-19-21-5-2-4-20(14-21)18-33/h2-11,14-16H,12-13,17,19H2,1H3,(H,37,38). The van der Waals surface area contributed by atoms with E-state index in [1.807, 2.05) is 10.6 Å². The van der Waals surface area contributed by atoms with Crippen molar-refractivity contribution in [3.05, 3.63) is 113 Å². The molecule has 2 aromatic heterocycles. The van der Waals surface area contributed by atoms with Crippen molar-refractivity contribution in [3.8, 4) is 23.2 Å². The van der Waals surface area contributed by atoms with Crippen LogP contribution in [-0.4, -0.2) is 39.3 Å². The number of carbonyl (C=O) groups is 1. The Morgan fingerprint density at radius 1 is 1.05 bits per heavy atom. The van der Waals surface area contributed by atoms with E-state index in [2.05, 4.69) is 16.0 Å². The number of benzene rings is 3. The molecule has 0 saturated carbocycles. The molecule has 0 aliphatic carbocycles. The number of hydrogen-bond acceptors (Lipinski definition) is 6. The first kappa shape index (κ1) is 26.5. The number of hydrogen-bond donors (Lipinski definition) is 1. The van der Waals surface area contributed by atoms with Gasteiger partial charge in [0.2, 0.25) is 5.88 Å². The summed E-state index contributed by atoms with van der Waals surface area (Å²) in [4.78, 5) is 20.7. The molecule has 0 unspecified atom stereocenters. The molecule has 0 radical (unpaired) electrons. The first-order chi connectivity index (χ1) is 19.4. The average molecular weight is 537 g/mol.